The molecule has 0 fully saturated rings. The summed E-state index contributed by atoms with van der Waals surface area (Å²) in [5, 5.41) is 6.32. The van der Waals surface area contributed by atoms with E-state index in [4.69, 9.17) is 18.1 Å². The van der Waals surface area contributed by atoms with Gasteiger partial charge < -0.3 is 10.6 Å². The van der Waals surface area contributed by atoms with E-state index in [1.165, 1.54) is 24.3 Å². The Kier molecular flexibility index (Phi) is 2.99. The van der Waals surface area contributed by atoms with Gasteiger partial charge in [0.15, 0.2) is 5.82 Å². The maximum absolute atomic E-state index is 12.0. The molecule has 0 unspecified atom stereocenters. The fourth-order valence-electron chi connectivity index (χ4n) is 1.31. The molecule has 1 heterocycles. The van der Waals surface area contributed by atoms with E-state index in [2.05, 4.69) is 14.9 Å². The smallest absolute Gasteiger partial charge is 0.406 e. The van der Waals surface area contributed by atoms with Crippen LogP contribution in [0.15, 0.2) is 24.3 Å². The molecular weight excluding hydrogens is 269 g/mol. The number of nitrogens with one attached hydrogen (secondary N) is 1. The van der Waals surface area contributed by atoms with Crippen LogP contribution in [0.2, 0.25) is 0 Å². The molecule has 5 nitrogen and oxygen atoms in total. The monoisotopic (exact) mass is 276 g/mol. The summed E-state index contributed by atoms with van der Waals surface area (Å²) in [4.78, 5) is 0. The van der Waals surface area contributed by atoms with Crippen LogP contribution in [0.5, 0.6) is 5.75 Å². The Morgan fingerprint density at radius 2 is 1.89 bits per heavy atom. The van der Waals surface area contributed by atoms with Crippen LogP contribution < -0.4 is 10.6 Å². The Bertz CT molecular complexity index is 602. The molecule has 18 heavy (non-hydrogen) atoms. The highest BCUT2D eigenvalue weighted by atomic mass is 32.1. The van der Waals surface area contributed by atoms with E-state index < -0.39 is 6.36 Å². The summed E-state index contributed by atoms with van der Waals surface area (Å²) in [6.45, 7) is 0. The normalized spacial score (nSPS) is 11.5. The maximum Gasteiger partial charge on any atom is 0.573 e. The van der Waals surface area contributed by atoms with Crippen LogP contribution in [-0.4, -0.2) is 21.2 Å². The van der Waals surface area contributed by atoms with Gasteiger partial charge in [0.2, 0.25) is 4.77 Å². The van der Waals surface area contributed by atoms with Crippen LogP contribution in [-0.2, 0) is 0 Å². The fourth-order valence-corrected chi connectivity index (χ4v) is 1.45. The number of aromatic amines is 1. The molecule has 1 aromatic heterocycles. The Morgan fingerprint density at radius 3 is 2.33 bits per heavy atom. The number of nitrogens with two attached hydrogens (primary N) is 1. The molecule has 0 aliphatic rings. The lowest BCUT2D eigenvalue weighted by molar-refractivity contribution is -0.274. The highest BCUT2D eigenvalue weighted by Crippen LogP contribution is 2.25. The zero-order valence-electron chi connectivity index (χ0n) is 8.73. The quantitative estimate of drug-likeness (QED) is 0.652. The van der Waals surface area contributed by atoms with Gasteiger partial charge in [0, 0.05) is 5.56 Å². The summed E-state index contributed by atoms with van der Waals surface area (Å²) in [5.74, 6) is 5.58. The standard InChI is InChI=1S/C9H7F3N4OS/c10-9(11,12)17-6-3-1-5(2-4-6)7-14-15-8(18)16(7)13/h1-4H,13H2,(H,15,18). The first kappa shape index (κ1) is 12.4. The summed E-state index contributed by atoms with van der Waals surface area (Å²) in [7, 11) is 0. The Labute approximate surface area is 104 Å². The number of H-pyrrole nitrogens is 1. The lowest BCUT2D eigenvalue weighted by atomic mass is 10.2. The number of rotatable bonds is 2. The summed E-state index contributed by atoms with van der Waals surface area (Å²) in [6, 6.07) is 5.13. The van der Waals surface area contributed by atoms with Crippen LogP contribution in [0.3, 0.4) is 0 Å². The fraction of sp³-hybridized carbons (Fsp3) is 0.111. The lowest BCUT2D eigenvalue weighted by Gasteiger charge is -2.08. The van der Waals surface area contributed by atoms with E-state index in [9.17, 15) is 13.2 Å². The van der Waals surface area contributed by atoms with Crippen molar-refractivity contribution in [3.63, 3.8) is 0 Å². The van der Waals surface area contributed by atoms with Crippen LogP contribution in [0.4, 0.5) is 13.2 Å². The van der Waals surface area contributed by atoms with Gasteiger partial charge in [-0.25, -0.2) is 9.77 Å². The molecule has 0 saturated carbocycles. The number of hydrogen-bond donors (Lipinski definition) is 2. The summed E-state index contributed by atoms with van der Waals surface area (Å²) in [5.41, 5.74) is 0.513. The first-order valence-electron chi connectivity index (χ1n) is 4.65. The van der Waals surface area contributed by atoms with E-state index in [-0.39, 0.29) is 10.5 Å². The van der Waals surface area contributed by atoms with Gasteiger partial charge in [-0.1, -0.05) is 0 Å². The Hall–Kier alpha value is -2.03. The molecule has 2 aromatic rings. The van der Waals surface area contributed by atoms with E-state index in [0.29, 0.717) is 11.4 Å². The van der Waals surface area contributed by atoms with Gasteiger partial charge in [0.25, 0.3) is 0 Å². The van der Waals surface area contributed by atoms with Crippen molar-refractivity contribution in [2.24, 2.45) is 0 Å². The van der Waals surface area contributed by atoms with E-state index in [1.54, 1.807) is 0 Å². The average Bonchev–Trinajstić information content (AvgIpc) is 2.59. The predicted octanol–water partition coefficient (Wildman–Crippen LogP) is 2.22. The molecule has 0 atom stereocenters. The van der Waals surface area contributed by atoms with Gasteiger partial charge in [0.05, 0.1) is 0 Å². The van der Waals surface area contributed by atoms with E-state index >= 15 is 0 Å². The van der Waals surface area contributed by atoms with Crippen LogP contribution in [0.25, 0.3) is 11.4 Å². The molecule has 3 N–H and O–H groups in total. The number of nitrogen functional groups attached to an aromatic ring is 1. The highest BCUT2D eigenvalue weighted by molar-refractivity contribution is 7.71. The van der Waals surface area contributed by atoms with Crippen molar-refractivity contribution < 1.29 is 17.9 Å². The molecule has 0 aliphatic carbocycles. The van der Waals surface area contributed by atoms with Gasteiger partial charge in [0.1, 0.15) is 5.75 Å². The molecule has 9 heteroatoms. The number of halogens is 3. The van der Waals surface area contributed by atoms with Gasteiger partial charge in [-0.05, 0) is 36.5 Å². The number of benzene rings is 1. The molecule has 0 radical (unpaired) electrons. The molecular formula is C9H7F3N4OS. The van der Waals surface area contributed by atoms with Crippen molar-refractivity contribution in [2.45, 2.75) is 6.36 Å². The van der Waals surface area contributed by atoms with E-state index in [1.807, 2.05) is 0 Å². The topological polar surface area (TPSA) is 68.9 Å². The average molecular weight is 276 g/mol. The molecule has 1 aromatic carbocycles. The summed E-state index contributed by atoms with van der Waals surface area (Å²) in [6.07, 6.45) is -4.71. The first-order valence-corrected chi connectivity index (χ1v) is 5.06. The Morgan fingerprint density at radius 1 is 1.28 bits per heavy atom. The predicted molar refractivity (Wildman–Crippen MR) is 59.7 cm³/mol. The van der Waals surface area contributed by atoms with Gasteiger partial charge in [-0.2, -0.15) is 5.10 Å². The van der Waals surface area contributed by atoms with Crippen molar-refractivity contribution in [3.05, 3.63) is 29.0 Å². The second-order valence-electron chi connectivity index (χ2n) is 3.29. The SMILES string of the molecule is Nn1c(-c2ccc(OC(F)(F)F)cc2)n[nH]c1=S. The molecule has 0 aliphatic heterocycles. The number of nitrogens with zero attached hydrogens (tertiary/aromatic N) is 2. The van der Waals surface area contributed by atoms with Crippen molar-refractivity contribution in [2.75, 3.05) is 5.84 Å². The van der Waals surface area contributed by atoms with Crippen molar-refractivity contribution in [3.8, 4) is 17.1 Å². The van der Waals surface area contributed by atoms with Crippen molar-refractivity contribution >= 4 is 12.2 Å². The first-order chi connectivity index (χ1) is 8.37. The van der Waals surface area contributed by atoms with Crippen molar-refractivity contribution in [1.82, 2.24) is 14.9 Å². The molecule has 0 amide bonds. The summed E-state index contributed by atoms with van der Waals surface area (Å²) >= 11 is 4.82. The lowest BCUT2D eigenvalue weighted by Crippen LogP contribution is -2.17. The van der Waals surface area contributed by atoms with Gasteiger partial charge in [-0.3, -0.25) is 0 Å². The number of hydrogen-bond acceptors (Lipinski definition) is 4. The number of aromatic nitrogens is 3. The van der Waals surface area contributed by atoms with Crippen LogP contribution >= 0.6 is 12.2 Å². The van der Waals surface area contributed by atoms with Gasteiger partial charge in [-0.15, -0.1) is 13.2 Å². The molecule has 0 spiro atoms. The number of alkyl halides is 3. The third-order valence-corrected chi connectivity index (χ3v) is 2.34. The molecule has 2 rings (SSSR count). The second-order valence-corrected chi connectivity index (χ2v) is 3.68. The zero-order chi connectivity index (χ0) is 13.3. The van der Waals surface area contributed by atoms with Crippen LogP contribution in [0.1, 0.15) is 0 Å². The minimum absolute atomic E-state index is 0.209. The maximum atomic E-state index is 12.0. The second kappa shape index (κ2) is 4.33. The number of ether oxygens (including phenoxy) is 1. The van der Waals surface area contributed by atoms with Crippen molar-refractivity contribution in [1.29, 1.82) is 0 Å². The Balaban J connectivity index is 2.28. The minimum Gasteiger partial charge on any atom is -0.406 e. The third-order valence-electron chi connectivity index (χ3n) is 2.05. The minimum atomic E-state index is -4.71. The largest absolute Gasteiger partial charge is 0.573 e. The van der Waals surface area contributed by atoms with E-state index in [0.717, 1.165) is 4.68 Å². The third kappa shape index (κ3) is 2.62. The highest BCUT2D eigenvalue weighted by Gasteiger charge is 2.31. The van der Waals surface area contributed by atoms with Gasteiger partial charge >= 0.3 is 6.36 Å². The van der Waals surface area contributed by atoms with Crippen LogP contribution in [0, 0.1) is 4.77 Å². The summed E-state index contributed by atoms with van der Waals surface area (Å²) < 4.78 is 40.9. The molecule has 0 saturated heterocycles. The zero-order valence-corrected chi connectivity index (χ0v) is 9.55. The molecule has 96 valence electrons. The molecule has 0 bridgehead atoms.